The van der Waals surface area contributed by atoms with Crippen molar-refractivity contribution in [3.8, 4) is 0 Å². The van der Waals surface area contributed by atoms with E-state index in [4.69, 9.17) is 43.0 Å². The normalized spacial score (nSPS) is 31.2. The van der Waals surface area contributed by atoms with Crippen LogP contribution in [0, 0.1) is 5.92 Å². The maximum Gasteiger partial charge on any atom is 0.332 e. The van der Waals surface area contributed by atoms with Gasteiger partial charge in [-0.3, -0.25) is 9.59 Å². The van der Waals surface area contributed by atoms with Crippen LogP contribution in [0.2, 0.25) is 0 Å². The SMILES string of the molecule is CCCCC(CCCC(O)C(O)CCCCCCCCCCCCCCC(O)C(=O)O)OC1OCC(O)C(O)C1OC1OCC(OC(C)=O)C(O)C1OC1OC(COC(=O)CC(C)C)C(O)C(O)C1O. The lowest BCUT2D eigenvalue weighted by Crippen LogP contribution is -2.65. The third-order valence-electron chi connectivity index (χ3n) is 13.1. The topological polar surface area (TPSA) is 327 Å². The van der Waals surface area contributed by atoms with Gasteiger partial charge in [-0.1, -0.05) is 111 Å². The Morgan fingerprint density at radius 2 is 1.13 bits per heavy atom. The van der Waals surface area contributed by atoms with Gasteiger partial charge in [-0.2, -0.15) is 0 Å². The predicted octanol–water partition coefficient (Wildman–Crippen LogP) is 2.26. The molecule has 3 rings (SSSR count). The molecule has 3 saturated heterocycles. The molecule has 0 spiro atoms. The maximum absolute atomic E-state index is 12.3. The quantitative estimate of drug-likeness (QED) is 0.0321. The van der Waals surface area contributed by atoms with Gasteiger partial charge >= 0.3 is 17.9 Å². The van der Waals surface area contributed by atoms with Crippen LogP contribution in [0.1, 0.15) is 163 Å². The molecule has 0 aromatic carbocycles. The first kappa shape index (κ1) is 62.1. The van der Waals surface area contributed by atoms with Gasteiger partial charge in [0.15, 0.2) is 31.1 Å². The van der Waals surface area contributed by atoms with Gasteiger partial charge in [0, 0.05) is 13.3 Å². The molecule has 0 bridgehead atoms. The number of carboxylic acids is 1. The Labute approximate surface area is 413 Å². The largest absolute Gasteiger partial charge is 0.479 e. The highest BCUT2D eigenvalue weighted by Gasteiger charge is 2.52. The molecule has 3 fully saturated rings. The van der Waals surface area contributed by atoms with Crippen molar-refractivity contribution in [2.24, 2.45) is 5.92 Å². The monoisotopic (exact) mass is 1010 g/mol. The summed E-state index contributed by atoms with van der Waals surface area (Å²) < 4.78 is 46.6. The Morgan fingerprint density at radius 3 is 1.70 bits per heavy atom. The fourth-order valence-corrected chi connectivity index (χ4v) is 8.83. The third-order valence-corrected chi connectivity index (χ3v) is 13.1. The summed E-state index contributed by atoms with van der Waals surface area (Å²) in [6, 6.07) is 0. The first-order chi connectivity index (χ1) is 33.3. The molecular weight excluding hydrogens is 925 g/mol. The van der Waals surface area contributed by atoms with E-state index in [1.807, 2.05) is 20.8 Å². The zero-order valence-electron chi connectivity index (χ0n) is 41.8. The van der Waals surface area contributed by atoms with Crippen LogP contribution in [0.3, 0.4) is 0 Å². The van der Waals surface area contributed by atoms with Crippen LogP contribution < -0.4 is 0 Å². The molecule has 410 valence electrons. The van der Waals surface area contributed by atoms with Crippen molar-refractivity contribution in [3.05, 3.63) is 0 Å². The molecule has 3 heterocycles. The van der Waals surface area contributed by atoms with E-state index < -0.39 is 135 Å². The molecule has 70 heavy (non-hydrogen) atoms. The summed E-state index contributed by atoms with van der Waals surface area (Å²) >= 11 is 0. The smallest absolute Gasteiger partial charge is 0.332 e. The highest BCUT2D eigenvalue weighted by Crippen LogP contribution is 2.33. The first-order valence-corrected chi connectivity index (χ1v) is 25.9. The first-order valence-electron chi connectivity index (χ1n) is 25.9. The van der Waals surface area contributed by atoms with Crippen LogP contribution in [0.25, 0.3) is 0 Å². The predicted molar refractivity (Wildman–Crippen MR) is 248 cm³/mol. The lowest BCUT2D eigenvalue weighted by molar-refractivity contribution is -0.380. The summed E-state index contributed by atoms with van der Waals surface area (Å²) in [5, 5.41) is 105. The van der Waals surface area contributed by atoms with Crippen LogP contribution in [-0.4, -0.2) is 193 Å². The van der Waals surface area contributed by atoms with Gasteiger partial charge in [0.2, 0.25) is 0 Å². The van der Waals surface area contributed by atoms with Crippen molar-refractivity contribution in [3.63, 3.8) is 0 Å². The van der Waals surface area contributed by atoms with E-state index in [9.17, 15) is 60.3 Å². The number of aliphatic hydroxyl groups excluding tert-OH is 9. The lowest BCUT2D eigenvalue weighted by atomic mass is 9.98. The second kappa shape index (κ2) is 33.6. The van der Waals surface area contributed by atoms with Crippen molar-refractivity contribution in [2.75, 3.05) is 19.8 Å². The summed E-state index contributed by atoms with van der Waals surface area (Å²) in [7, 11) is 0. The van der Waals surface area contributed by atoms with Gasteiger partial charge in [0.05, 0.1) is 31.5 Å². The highest BCUT2D eigenvalue weighted by molar-refractivity contribution is 5.71. The molecule has 0 aromatic heterocycles. The summed E-state index contributed by atoms with van der Waals surface area (Å²) in [6.07, 6.45) is -7.89. The van der Waals surface area contributed by atoms with Gasteiger partial charge in [-0.05, 0) is 44.4 Å². The van der Waals surface area contributed by atoms with Gasteiger partial charge in [0.1, 0.15) is 61.5 Å². The zero-order chi connectivity index (χ0) is 51.8. The Bertz CT molecular complexity index is 1440. The number of carbonyl (C=O) groups excluding carboxylic acids is 2. The van der Waals surface area contributed by atoms with E-state index in [1.54, 1.807) is 0 Å². The number of carboxylic acid groups (broad SMARTS) is 1. The molecule has 0 amide bonds. The third kappa shape index (κ3) is 22.1. The number of hydrogen-bond acceptors (Lipinski definition) is 20. The van der Waals surface area contributed by atoms with E-state index in [1.165, 1.54) is 0 Å². The van der Waals surface area contributed by atoms with E-state index in [0.717, 1.165) is 96.8 Å². The Morgan fingerprint density at radius 1 is 0.600 bits per heavy atom. The number of aliphatic carboxylic acids is 1. The summed E-state index contributed by atoms with van der Waals surface area (Å²) in [5.41, 5.74) is 0. The Hall–Kier alpha value is -2.19. The van der Waals surface area contributed by atoms with Crippen LogP contribution in [0.4, 0.5) is 0 Å². The fourth-order valence-electron chi connectivity index (χ4n) is 8.83. The fraction of sp³-hybridized carbons (Fsp3) is 0.939. The van der Waals surface area contributed by atoms with Crippen molar-refractivity contribution < 1.29 is 103 Å². The number of carbonyl (C=O) groups is 3. The lowest BCUT2D eigenvalue weighted by Gasteiger charge is -2.46. The molecule has 3 aliphatic heterocycles. The van der Waals surface area contributed by atoms with Gasteiger partial charge in [-0.15, -0.1) is 0 Å². The molecule has 0 aromatic rings. The van der Waals surface area contributed by atoms with Crippen molar-refractivity contribution in [1.29, 1.82) is 0 Å². The van der Waals surface area contributed by atoms with Crippen molar-refractivity contribution >= 4 is 17.9 Å². The molecule has 17 atom stereocenters. The number of hydrogen-bond donors (Lipinski definition) is 10. The summed E-state index contributed by atoms with van der Waals surface area (Å²) in [6.45, 7) is 5.49. The molecule has 21 nitrogen and oxygen atoms in total. The molecule has 0 aliphatic carbocycles. The van der Waals surface area contributed by atoms with E-state index in [0.29, 0.717) is 38.5 Å². The minimum absolute atomic E-state index is 0.0270. The molecule has 3 aliphatic rings. The number of rotatable bonds is 35. The number of esters is 2. The van der Waals surface area contributed by atoms with Gasteiger partial charge in [0.25, 0.3) is 0 Å². The molecule has 21 heteroatoms. The Kier molecular flexibility index (Phi) is 29.8. The van der Waals surface area contributed by atoms with E-state index in [2.05, 4.69) is 0 Å². The average molecular weight is 1010 g/mol. The van der Waals surface area contributed by atoms with Crippen molar-refractivity contribution in [1.82, 2.24) is 0 Å². The van der Waals surface area contributed by atoms with Crippen LogP contribution in [0.15, 0.2) is 0 Å². The van der Waals surface area contributed by atoms with E-state index in [-0.39, 0.29) is 18.9 Å². The standard InChI is InChI=1S/C49H88O21/c1-5-6-20-31(21-19-24-33(52)32(51)22-17-15-13-11-9-7-8-10-12-14-16-18-23-34(53)46(61)62)67-48-44(39(56)35(54)26-64-48)70-49-45(41(58)37(28-65-49)66-30(4)50)69-47-43(60)42(59)40(57)36(68-47)27-63-38(55)25-29(2)3/h29,31-37,39-45,47-49,51-54,56-60H,5-28H2,1-4H3,(H,61,62). The van der Waals surface area contributed by atoms with Crippen LogP contribution in [-0.2, 0) is 52.3 Å². The number of unbranched alkanes of at least 4 members (excludes halogenated alkanes) is 12. The molecule has 0 radical (unpaired) electrons. The highest BCUT2D eigenvalue weighted by atomic mass is 16.8. The van der Waals surface area contributed by atoms with Gasteiger partial charge in [-0.25, -0.2) is 4.79 Å². The zero-order valence-corrected chi connectivity index (χ0v) is 41.8. The van der Waals surface area contributed by atoms with E-state index >= 15 is 0 Å². The molecular formula is C49H88O21. The molecule has 10 N–H and O–H groups in total. The maximum atomic E-state index is 12.3. The second-order valence-electron chi connectivity index (χ2n) is 19.7. The molecule has 0 saturated carbocycles. The van der Waals surface area contributed by atoms with Crippen LogP contribution in [0.5, 0.6) is 0 Å². The van der Waals surface area contributed by atoms with Gasteiger partial charge < -0.3 is 89.0 Å². The van der Waals surface area contributed by atoms with Crippen molar-refractivity contribution in [2.45, 2.75) is 267 Å². The summed E-state index contributed by atoms with van der Waals surface area (Å²) in [4.78, 5) is 34.9. The van der Waals surface area contributed by atoms with Crippen LogP contribution >= 0.6 is 0 Å². The minimum Gasteiger partial charge on any atom is -0.479 e. The minimum atomic E-state index is -1.91. The summed E-state index contributed by atoms with van der Waals surface area (Å²) in [5.74, 6) is -2.54. The Balaban J connectivity index is 1.53. The number of ether oxygens (including phenoxy) is 8. The second-order valence-corrected chi connectivity index (χ2v) is 19.7. The average Bonchev–Trinajstić information content (AvgIpc) is 3.31. The molecule has 17 unspecified atom stereocenters. The number of aliphatic hydroxyl groups is 9.